The average molecular weight is 339 g/mol. The Bertz CT molecular complexity index is 738. The molecule has 132 valence electrons. The summed E-state index contributed by atoms with van der Waals surface area (Å²) in [6, 6.07) is 7.71. The van der Waals surface area contributed by atoms with Crippen LogP contribution < -0.4 is 16.4 Å². The second-order valence-electron chi connectivity index (χ2n) is 6.58. The van der Waals surface area contributed by atoms with Crippen molar-refractivity contribution in [2.45, 2.75) is 51.5 Å². The van der Waals surface area contributed by atoms with Crippen LogP contribution in [0.15, 0.2) is 30.6 Å². The molecule has 6 nitrogen and oxygen atoms in total. The van der Waals surface area contributed by atoms with Crippen LogP contribution in [0.1, 0.15) is 55.8 Å². The van der Waals surface area contributed by atoms with Gasteiger partial charge in [0.05, 0.1) is 0 Å². The van der Waals surface area contributed by atoms with Crippen LogP contribution in [0, 0.1) is 0 Å². The Morgan fingerprint density at radius 1 is 1.12 bits per heavy atom. The number of ketones is 1. The Hall–Kier alpha value is -2.63. The van der Waals surface area contributed by atoms with E-state index < -0.39 is 0 Å². The number of nitrogens with zero attached hydrogens (tertiary/aromatic N) is 2. The topological polar surface area (TPSA) is 92.9 Å². The Morgan fingerprint density at radius 2 is 1.84 bits per heavy atom. The zero-order valence-electron chi connectivity index (χ0n) is 14.6. The Morgan fingerprint density at radius 3 is 2.56 bits per heavy atom. The van der Waals surface area contributed by atoms with Crippen molar-refractivity contribution in [3.05, 3.63) is 36.2 Å². The third-order valence-corrected chi connectivity index (χ3v) is 4.61. The summed E-state index contributed by atoms with van der Waals surface area (Å²) in [7, 11) is 0. The normalized spacial score (nSPS) is 15.4. The molecule has 0 spiro atoms. The smallest absolute Gasteiger partial charge is 0.159 e. The van der Waals surface area contributed by atoms with E-state index in [-0.39, 0.29) is 5.78 Å². The second kappa shape index (κ2) is 7.96. The number of nitrogens with two attached hydrogens (primary N) is 1. The highest BCUT2D eigenvalue weighted by Crippen LogP contribution is 2.28. The van der Waals surface area contributed by atoms with Crippen LogP contribution in [0.25, 0.3) is 0 Å². The van der Waals surface area contributed by atoms with Gasteiger partial charge in [0.15, 0.2) is 17.4 Å². The molecule has 1 saturated carbocycles. The Kier molecular flexibility index (Phi) is 5.48. The summed E-state index contributed by atoms with van der Waals surface area (Å²) in [4.78, 5) is 20.1. The number of nitrogens with one attached hydrogen (secondary N) is 2. The molecule has 0 bridgehead atoms. The van der Waals surface area contributed by atoms with Crippen LogP contribution in [0.3, 0.4) is 0 Å². The lowest BCUT2D eigenvalue weighted by Gasteiger charge is -2.19. The summed E-state index contributed by atoms with van der Waals surface area (Å²) in [6.45, 7) is 1.55. The molecule has 1 aliphatic carbocycles. The molecule has 0 atom stereocenters. The monoisotopic (exact) mass is 339 g/mol. The molecule has 1 heterocycles. The maximum atomic E-state index is 11.5. The molecule has 6 heteroatoms. The third-order valence-electron chi connectivity index (χ3n) is 4.61. The number of carbonyl (C=O) groups excluding carboxylic acids is 1. The fourth-order valence-electron chi connectivity index (χ4n) is 3.18. The first-order valence-electron chi connectivity index (χ1n) is 8.88. The summed E-state index contributed by atoms with van der Waals surface area (Å²) >= 11 is 0. The molecule has 0 saturated heterocycles. The number of carbonyl (C=O) groups is 1. The van der Waals surface area contributed by atoms with Crippen molar-refractivity contribution in [2.75, 3.05) is 16.4 Å². The van der Waals surface area contributed by atoms with Gasteiger partial charge in [-0.2, -0.15) is 0 Å². The maximum Gasteiger partial charge on any atom is 0.159 e. The fraction of sp³-hybridized carbons (Fsp3) is 0.421. The maximum absolute atomic E-state index is 11.5. The summed E-state index contributed by atoms with van der Waals surface area (Å²) in [5, 5.41) is 6.66. The van der Waals surface area contributed by atoms with E-state index in [9.17, 15) is 4.79 Å². The van der Waals surface area contributed by atoms with Gasteiger partial charge in [-0.25, -0.2) is 9.97 Å². The predicted octanol–water partition coefficient (Wildman–Crippen LogP) is 4.14. The van der Waals surface area contributed by atoms with Crippen molar-refractivity contribution < 1.29 is 4.79 Å². The van der Waals surface area contributed by atoms with Gasteiger partial charge >= 0.3 is 0 Å². The second-order valence-corrected chi connectivity index (χ2v) is 6.58. The van der Waals surface area contributed by atoms with E-state index in [1.807, 2.05) is 12.1 Å². The highest BCUT2D eigenvalue weighted by Gasteiger charge is 2.15. The van der Waals surface area contributed by atoms with Gasteiger partial charge in [0.1, 0.15) is 12.0 Å². The first kappa shape index (κ1) is 17.2. The molecule has 25 heavy (non-hydrogen) atoms. The predicted molar refractivity (Wildman–Crippen MR) is 101 cm³/mol. The number of anilines is 4. The molecule has 0 radical (unpaired) electrons. The van der Waals surface area contributed by atoms with Gasteiger partial charge in [-0.1, -0.05) is 37.8 Å². The van der Waals surface area contributed by atoms with Crippen LogP contribution in [0.2, 0.25) is 0 Å². The molecule has 0 unspecified atom stereocenters. The first-order chi connectivity index (χ1) is 12.1. The lowest BCUT2D eigenvalue weighted by molar-refractivity contribution is 0.101. The van der Waals surface area contributed by atoms with Gasteiger partial charge in [-0.15, -0.1) is 0 Å². The van der Waals surface area contributed by atoms with Crippen LogP contribution in [-0.2, 0) is 0 Å². The van der Waals surface area contributed by atoms with Gasteiger partial charge in [0.2, 0.25) is 0 Å². The number of benzene rings is 1. The zero-order valence-corrected chi connectivity index (χ0v) is 14.6. The summed E-state index contributed by atoms with van der Waals surface area (Å²) < 4.78 is 0. The largest absolute Gasteiger partial charge is 0.393 e. The zero-order chi connectivity index (χ0) is 17.6. The molecular weight excluding hydrogens is 314 g/mol. The van der Waals surface area contributed by atoms with Crippen molar-refractivity contribution in [1.82, 2.24) is 9.97 Å². The number of aromatic nitrogens is 2. The van der Waals surface area contributed by atoms with Crippen molar-refractivity contribution in [2.24, 2.45) is 0 Å². The quantitative estimate of drug-likeness (QED) is 0.560. The minimum Gasteiger partial charge on any atom is -0.393 e. The molecule has 0 amide bonds. The number of hydrogen-bond donors (Lipinski definition) is 3. The fourth-order valence-corrected chi connectivity index (χ4v) is 3.18. The Balaban J connectivity index is 1.76. The molecule has 1 aromatic carbocycles. The van der Waals surface area contributed by atoms with Crippen LogP contribution >= 0.6 is 0 Å². The van der Waals surface area contributed by atoms with Crippen molar-refractivity contribution in [3.63, 3.8) is 0 Å². The van der Waals surface area contributed by atoms with Gasteiger partial charge in [0.25, 0.3) is 0 Å². The van der Waals surface area contributed by atoms with Gasteiger partial charge in [-0.3, -0.25) is 4.79 Å². The average Bonchev–Trinajstić information content (AvgIpc) is 2.87. The van der Waals surface area contributed by atoms with Gasteiger partial charge < -0.3 is 16.4 Å². The van der Waals surface area contributed by atoms with Crippen LogP contribution in [0.5, 0.6) is 0 Å². The summed E-state index contributed by atoms with van der Waals surface area (Å²) in [5.41, 5.74) is 8.19. The summed E-state index contributed by atoms with van der Waals surface area (Å²) in [5.74, 6) is 1.24. The van der Waals surface area contributed by atoms with Crippen molar-refractivity contribution in [1.29, 1.82) is 0 Å². The summed E-state index contributed by atoms with van der Waals surface area (Å²) in [6.07, 6.45) is 8.89. The standard InChI is InChI=1S/C19H25N5O/c1-13(25)14-7-6-10-16(11-14)24-19-17(20)18(21-12-22-19)23-15-8-4-2-3-5-9-15/h6-7,10-12,15H,2-5,8-9,20H2,1H3,(H2,21,22,23,24). The molecule has 1 fully saturated rings. The highest BCUT2D eigenvalue weighted by atomic mass is 16.1. The van der Waals surface area contributed by atoms with E-state index in [1.54, 1.807) is 19.1 Å². The van der Waals surface area contributed by atoms with E-state index >= 15 is 0 Å². The molecule has 4 N–H and O–H groups in total. The minimum atomic E-state index is 0.0232. The lowest BCUT2D eigenvalue weighted by atomic mass is 10.1. The lowest BCUT2D eigenvalue weighted by Crippen LogP contribution is -2.20. The molecule has 3 rings (SSSR count). The van der Waals surface area contributed by atoms with E-state index in [2.05, 4.69) is 20.6 Å². The first-order valence-corrected chi connectivity index (χ1v) is 8.88. The number of nitrogen functional groups attached to an aromatic ring is 1. The molecule has 1 aliphatic rings. The Labute approximate surface area is 148 Å². The third kappa shape index (κ3) is 4.47. The number of hydrogen-bond acceptors (Lipinski definition) is 6. The minimum absolute atomic E-state index is 0.0232. The molecule has 0 aliphatic heterocycles. The van der Waals surface area contributed by atoms with E-state index in [1.165, 1.54) is 32.0 Å². The van der Waals surface area contributed by atoms with Gasteiger partial charge in [-0.05, 0) is 31.9 Å². The van der Waals surface area contributed by atoms with Crippen LogP contribution in [0.4, 0.5) is 23.0 Å². The van der Waals surface area contributed by atoms with Crippen molar-refractivity contribution >= 4 is 28.8 Å². The van der Waals surface area contributed by atoms with E-state index in [0.29, 0.717) is 28.9 Å². The van der Waals surface area contributed by atoms with Crippen LogP contribution in [-0.4, -0.2) is 21.8 Å². The highest BCUT2D eigenvalue weighted by molar-refractivity contribution is 5.95. The number of Topliss-reactive ketones (excluding diaryl/α,β-unsaturated/α-hetero) is 1. The molecule has 2 aromatic rings. The van der Waals surface area contributed by atoms with E-state index in [4.69, 9.17) is 5.73 Å². The van der Waals surface area contributed by atoms with Gasteiger partial charge in [0, 0.05) is 17.3 Å². The SMILES string of the molecule is CC(=O)c1cccc(Nc2ncnc(NC3CCCCCC3)c2N)c1. The van der Waals surface area contributed by atoms with Crippen molar-refractivity contribution in [3.8, 4) is 0 Å². The van der Waals surface area contributed by atoms with E-state index in [0.717, 1.165) is 18.5 Å². The number of rotatable bonds is 5. The molecular formula is C19H25N5O. The molecule has 1 aromatic heterocycles.